The fraction of sp³-hybridized carbons (Fsp3) is 0.647. The van der Waals surface area contributed by atoms with E-state index in [4.69, 9.17) is 5.73 Å². The predicted octanol–water partition coefficient (Wildman–Crippen LogP) is 3.13. The summed E-state index contributed by atoms with van der Waals surface area (Å²) in [5.74, 6) is 1.07. The standard InChI is InChI=1S/C17H25FN2/c1-12(13-4-2-5-13)20-10-15(9-17(19)11-20)14-6-3-7-16(18)8-14/h3,6-8,12-13,15,17H,2,4-5,9-11,19H2,1H3. The van der Waals surface area contributed by atoms with Gasteiger partial charge in [0.25, 0.3) is 0 Å². The summed E-state index contributed by atoms with van der Waals surface area (Å²) in [6.07, 6.45) is 5.06. The van der Waals surface area contributed by atoms with Crippen molar-refractivity contribution in [1.82, 2.24) is 4.90 Å². The highest BCUT2D eigenvalue weighted by atomic mass is 19.1. The molecule has 1 aliphatic carbocycles. The first-order valence-electron chi connectivity index (χ1n) is 7.88. The van der Waals surface area contributed by atoms with Crippen LogP contribution in [0, 0.1) is 11.7 Å². The molecule has 1 aliphatic heterocycles. The molecule has 3 atom stereocenters. The van der Waals surface area contributed by atoms with Gasteiger partial charge in [0.2, 0.25) is 0 Å². The van der Waals surface area contributed by atoms with E-state index in [1.165, 1.54) is 25.3 Å². The average Bonchev–Trinajstić information content (AvgIpc) is 2.36. The normalized spacial score (nSPS) is 29.9. The van der Waals surface area contributed by atoms with Gasteiger partial charge in [0.05, 0.1) is 0 Å². The van der Waals surface area contributed by atoms with Gasteiger partial charge in [-0.2, -0.15) is 0 Å². The maximum atomic E-state index is 13.4. The summed E-state index contributed by atoms with van der Waals surface area (Å²) in [7, 11) is 0. The van der Waals surface area contributed by atoms with Crippen molar-refractivity contribution in [3.63, 3.8) is 0 Å². The lowest BCUT2D eigenvalue weighted by Gasteiger charge is -2.45. The highest BCUT2D eigenvalue weighted by molar-refractivity contribution is 5.22. The molecule has 3 unspecified atom stereocenters. The van der Waals surface area contributed by atoms with Gasteiger partial charge in [-0.25, -0.2) is 4.39 Å². The van der Waals surface area contributed by atoms with Crippen LogP contribution in [0.5, 0.6) is 0 Å². The summed E-state index contributed by atoms with van der Waals surface area (Å²) in [5.41, 5.74) is 7.36. The average molecular weight is 276 g/mol. The molecule has 2 fully saturated rings. The van der Waals surface area contributed by atoms with Crippen molar-refractivity contribution < 1.29 is 4.39 Å². The molecule has 20 heavy (non-hydrogen) atoms. The summed E-state index contributed by atoms with van der Waals surface area (Å²) < 4.78 is 13.4. The maximum absolute atomic E-state index is 13.4. The molecule has 1 saturated heterocycles. The zero-order valence-electron chi connectivity index (χ0n) is 12.3. The minimum atomic E-state index is -0.139. The van der Waals surface area contributed by atoms with Crippen molar-refractivity contribution in [2.75, 3.05) is 13.1 Å². The second-order valence-corrected chi connectivity index (χ2v) is 6.63. The Hall–Kier alpha value is -0.930. The van der Waals surface area contributed by atoms with Crippen LogP contribution >= 0.6 is 0 Å². The number of likely N-dealkylation sites (tertiary alicyclic amines) is 1. The third-order valence-corrected chi connectivity index (χ3v) is 5.24. The zero-order valence-corrected chi connectivity index (χ0v) is 12.3. The van der Waals surface area contributed by atoms with E-state index >= 15 is 0 Å². The molecule has 3 heteroatoms. The van der Waals surface area contributed by atoms with Crippen LogP contribution in [0.15, 0.2) is 24.3 Å². The molecular weight excluding hydrogens is 251 g/mol. The molecular formula is C17H25FN2. The van der Waals surface area contributed by atoms with E-state index in [1.807, 2.05) is 12.1 Å². The molecule has 2 N–H and O–H groups in total. The molecule has 0 bridgehead atoms. The summed E-state index contributed by atoms with van der Waals surface area (Å²) in [4.78, 5) is 2.54. The van der Waals surface area contributed by atoms with Gasteiger partial charge in [-0.3, -0.25) is 4.90 Å². The van der Waals surface area contributed by atoms with Crippen LogP contribution in [0.25, 0.3) is 0 Å². The lowest BCUT2D eigenvalue weighted by Crippen LogP contribution is -2.52. The van der Waals surface area contributed by atoms with E-state index in [0.29, 0.717) is 12.0 Å². The molecule has 1 heterocycles. The molecule has 1 saturated carbocycles. The molecule has 1 aromatic rings. The molecule has 1 aromatic carbocycles. The number of nitrogens with zero attached hydrogens (tertiary/aromatic N) is 1. The molecule has 2 nitrogen and oxygen atoms in total. The van der Waals surface area contributed by atoms with E-state index in [0.717, 1.165) is 31.0 Å². The van der Waals surface area contributed by atoms with E-state index in [2.05, 4.69) is 11.8 Å². The van der Waals surface area contributed by atoms with Crippen LogP contribution in [-0.2, 0) is 0 Å². The quantitative estimate of drug-likeness (QED) is 0.919. The molecule has 0 amide bonds. The zero-order chi connectivity index (χ0) is 14.1. The van der Waals surface area contributed by atoms with Gasteiger partial charge in [0.15, 0.2) is 0 Å². The van der Waals surface area contributed by atoms with E-state index in [1.54, 1.807) is 6.07 Å². The summed E-state index contributed by atoms with van der Waals surface area (Å²) in [5, 5.41) is 0. The minimum Gasteiger partial charge on any atom is -0.327 e. The Kier molecular flexibility index (Phi) is 4.08. The van der Waals surface area contributed by atoms with Gasteiger partial charge >= 0.3 is 0 Å². The molecule has 0 radical (unpaired) electrons. The maximum Gasteiger partial charge on any atom is 0.123 e. The number of nitrogens with two attached hydrogens (primary N) is 1. The van der Waals surface area contributed by atoms with Crippen LogP contribution in [0.3, 0.4) is 0 Å². The van der Waals surface area contributed by atoms with Crippen molar-refractivity contribution in [3.8, 4) is 0 Å². The number of rotatable bonds is 3. The van der Waals surface area contributed by atoms with Crippen molar-refractivity contribution in [3.05, 3.63) is 35.6 Å². The van der Waals surface area contributed by atoms with Gasteiger partial charge in [-0.05, 0) is 55.7 Å². The Bertz CT molecular complexity index is 458. The van der Waals surface area contributed by atoms with Crippen molar-refractivity contribution in [2.45, 2.75) is 50.6 Å². The summed E-state index contributed by atoms with van der Waals surface area (Å²) in [6.45, 7) is 4.35. The number of benzene rings is 1. The minimum absolute atomic E-state index is 0.139. The van der Waals surface area contributed by atoms with Gasteiger partial charge in [0, 0.05) is 25.2 Å². The summed E-state index contributed by atoms with van der Waals surface area (Å²) >= 11 is 0. The fourth-order valence-corrected chi connectivity index (χ4v) is 3.73. The van der Waals surface area contributed by atoms with E-state index < -0.39 is 0 Å². The van der Waals surface area contributed by atoms with Crippen LogP contribution in [0.4, 0.5) is 4.39 Å². The van der Waals surface area contributed by atoms with E-state index in [9.17, 15) is 4.39 Å². The van der Waals surface area contributed by atoms with Crippen molar-refractivity contribution in [2.24, 2.45) is 11.7 Å². The summed E-state index contributed by atoms with van der Waals surface area (Å²) in [6, 6.07) is 7.86. The first kappa shape index (κ1) is 14.0. The molecule has 110 valence electrons. The molecule has 3 rings (SSSR count). The van der Waals surface area contributed by atoms with Crippen LogP contribution in [0.2, 0.25) is 0 Å². The van der Waals surface area contributed by atoms with Crippen molar-refractivity contribution >= 4 is 0 Å². The van der Waals surface area contributed by atoms with E-state index in [-0.39, 0.29) is 11.9 Å². The number of hydrogen-bond donors (Lipinski definition) is 1. The Balaban J connectivity index is 1.72. The molecule has 0 aromatic heterocycles. The third kappa shape index (κ3) is 2.89. The monoisotopic (exact) mass is 276 g/mol. The topological polar surface area (TPSA) is 29.3 Å². The van der Waals surface area contributed by atoms with Gasteiger partial charge in [-0.15, -0.1) is 0 Å². The van der Waals surface area contributed by atoms with Gasteiger partial charge in [0.1, 0.15) is 5.82 Å². The largest absolute Gasteiger partial charge is 0.327 e. The van der Waals surface area contributed by atoms with Crippen LogP contribution in [0.1, 0.15) is 44.1 Å². The second kappa shape index (κ2) is 5.82. The number of hydrogen-bond acceptors (Lipinski definition) is 2. The highest BCUT2D eigenvalue weighted by Gasteiger charge is 2.34. The Labute approximate surface area is 121 Å². The van der Waals surface area contributed by atoms with Crippen LogP contribution in [-0.4, -0.2) is 30.1 Å². The first-order valence-corrected chi connectivity index (χ1v) is 7.88. The number of halogens is 1. The number of piperidine rings is 1. The second-order valence-electron chi connectivity index (χ2n) is 6.63. The smallest absolute Gasteiger partial charge is 0.123 e. The van der Waals surface area contributed by atoms with Gasteiger partial charge < -0.3 is 5.73 Å². The highest BCUT2D eigenvalue weighted by Crippen LogP contribution is 2.35. The molecule has 2 aliphatic rings. The predicted molar refractivity (Wildman–Crippen MR) is 80.1 cm³/mol. The van der Waals surface area contributed by atoms with Crippen LogP contribution < -0.4 is 5.73 Å². The lowest BCUT2D eigenvalue weighted by molar-refractivity contribution is 0.0738. The Morgan fingerprint density at radius 3 is 2.75 bits per heavy atom. The van der Waals surface area contributed by atoms with Crippen molar-refractivity contribution in [1.29, 1.82) is 0 Å². The lowest BCUT2D eigenvalue weighted by atomic mass is 9.78. The molecule has 0 spiro atoms. The Morgan fingerprint density at radius 1 is 1.30 bits per heavy atom. The first-order chi connectivity index (χ1) is 9.63. The third-order valence-electron chi connectivity index (χ3n) is 5.24. The van der Waals surface area contributed by atoms with Gasteiger partial charge in [-0.1, -0.05) is 18.6 Å². The fourth-order valence-electron chi connectivity index (χ4n) is 3.73. The Morgan fingerprint density at radius 2 is 2.10 bits per heavy atom. The SMILES string of the molecule is CC(C1CCC1)N1CC(N)CC(c2cccc(F)c2)C1.